The zero-order chi connectivity index (χ0) is 19.1. The van der Waals surface area contributed by atoms with Gasteiger partial charge in [0.15, 0.2) is 0 Å². The van der Waals surface area contributed by atoms with Crippen LogP contribution in [0.3, 0.4) is 0 Å². The smallest absolute Gasteiger partial charge is 0.255 e. The van der Waals surface area contributed by atoms with Crippen LogP contribution in [0.2, 0.25) is 0 Å². The van der Waals surface area contributed by atoms with Gasteiger partial charge in [-0.3, -0.25) is 14.2 Å². The first-order valence-electron chi connectivity index (χ1n) is 10.0. The predicted molar refractivity (Wildman–Crippen MR) is 101 cm³/mol. The van der Waals surface area contributed by atoms with E-state index in [9.17, 15) is 9.59 Å². The molecule has 3 aliphatic rings. The summed E-state index contributed by atoms with van der Waals surface area (Å²) in [6.07, 6.45) is 9.91. The Hall–Kier alpha value is -2.77. The molecule has 0 N–H and O–H groups in total. The minimum atomic E-state index is -0.376. The Morgan fingerprint density at radius 1 is 1.14 bits per heavy atom. The highest BCUT2D eigenvalue weighted by Gasteiger charge is 2.50. The van der Waals surface area contributed by atoms with Crippen molar-refractivity contribution in [3.63, 3.8) is 0 Å². The van der Waals surface area contributed by atoms with E-state index in [1.54, 1.807) is 35.6 Å². The van der Waals surface area contributed by atoms with Crippen LogP contribution in [-0.2, 0) is 4.79 Å². The highest BCUT2D eigenvalue weighted by molar-refractivity contribution is 5.95. The second-order valence-electron chi connectivity index (χ2n) is 8.33. The molecule has 5 rings (SSSR count). The fourth-order valence-electron chi connectivity index (χ4n) is 4.53. The Morgan fingerprint density at radius 2 is 1.96 bits per heavy atom. The molecule has 2 aromatic rings. The number of aromatic nitrogens is 4. The summed E-state index contributed by atoms with van der Waals surface area (Å²) in [5.41, 5.74) is 0.172. The van der Waals surface area contributed by atoms with Gasteiger partial charge in [0.25, 0.3) is 5.91 Å². The van der Waals surface area contributed by atoms with Crippen LogP contribution in [0.15, 0.2) is 31.0 Å². The van der Waals surface area contributed by atoms with Crippen LogP contribution in [0.25, 0.3) is 5.82 Å². The fraction of sp³-hybridized carbons (Fsp3) is 0.550. The monoisotopic (exact) mass is 380 g/mol. The molecule has 1 saturated carbocycles. The number of likely N-dealkylation sites (tertiary alicyclic amines) is 2. The molecule has 1 spiro atoms. The second kappa shape index (κ2) is 6.68. The molecule has 0 unspecified atom stereocenters. The van der Waals surface area contributed by atoms with Crippen molar-refractivity contribution in [2.45, 2.75) is 32.1 Å². The molecule has 8 nitrogen and oxygen atoms in total. The Morgan fingerprint density at radius 3 is 2.68 bits per heavy atom. The molecule has 28 heavy (non-hydrogen) atoms. The predicted octanol–water partition coefficient (Wildman–Crippen LogP) is 1.53. The van der Waals surface area contributed by atoms with Gasteiger partial charge < -0.3 is 9.80 Å². The first-order valence-corrected chi connectivity index (χ1v) is 10.0. The number of carbonyl (C=O) groups excluding carboxylic acids is 2. The van der Waals surface area contributed by atoms with Crippen LogP contribution < -0.4 is 0 Å². The van der Waals surface area contributed by atoms with Crippen molar-refractivity contribution >= 4 is 11.8 Å². The van der Waals surface area contributed by atoms with Gasteiger partial charge in [0.2, 0.25) is 5.91 Å². The van der Waals surface area contributed by atoms with Gasteiger partial charge in [0.1, 0.15) is 18.5 Å². The molecule has 2 aliphatic heterocycles. The summed E-state index contributed by atoms with van der Waals surface area (Å²) in [5.74, 6) is 1.58. The summed E-state index contributed by atoms with van der Waals surface area (Å²) in [5, 5.41) is 7.53. The molecule has 0 aromatic carbocycles. The molecule has 8 heteroatoms. The third-order valence-corrected chi connectivity index (χ3v) is 6.32. The van der Waals surface area contributed by atoms with E-state index >= 15 is 0 Å². The van der Waals surface area contributed by atoms with E-state index in [4.69, 9.17) is 0 Å². The maximum absolute atomic E-state index is 13.2. The van der Waals surface area contributed by atoms with E-state index in [1.807, 2.05) is 4.90 Å². The van der Waals surface area contributed by atoms with E-state index in [2.05, 4.69) is 20.1 Å². The molecule has 0 bridgehead atoms. The van der Waals surface area contributed by atoms with Crippen molar-refractivity contribution in [2.24, 2.45) is 11.3 Å². The molecule has 4 heterocycles. The van der Waals surface area contributed by atoms with Gasteiger partial charge in [-0.2, -0.15) is 0 Å². The maximum Gasteiger partial charge on any atom is 0.255 e. The second-order valence-corrected chi connectivity index (χ2v) is 8.33. The first kappa shape index (κ1) is 17.3. The molecule has 146 valence electrons. The molecule has 2 aromatic heterocycles. The summed E-state index contributed by atoms with van der Waals surface area (Å²) in [4.78, 5) is 34.4. The van der Waals surface area contributed by atoms with E-state index in [-0.39, 0.29) is 17.2 Å². The molecule has 1 atom stereocenters. The fourth-order valence-corrected chi connectivity index (χ4v) is 4.53. The lowest BCUT2D eigenvalue weighted by Crippen LogP contribution is -2.50. The molecule has 0 radical (unpaired) electrons. The van der Waals surface area contributed by atoms with Gasteiger partial charge in [0.05, 0.1) is 11.0 Å². The molecular weight excluding hydrogens is 356 g/mol. The molecular formula is C20H24N6O2. The van der Waals surface area contributed by atoms with Crippen LogP contribution in [0.4, 0.5) is 0 Å². The highest BCUT2D eigenvalue weighted by atomic mass is 16.2. The third-order valence-electron chi connectivity index (χ3n) is 6.32. The number of pyridine rings is 1. The summed E-state index contributed by atoms with van der Waals surface area (Å²) in [6, 6.07) is 3.56. The van der Waals surface area contributed by atoms with Crippen LogP contribution in [0, 0.1) is 11.3 Å². The first-order chi connectivity index (χ1) is 13.6. The van der Waals surface area contributed by atoms with E-state index in [0.29, 0.717) is 30.4 Å². The van der Waals surface area contributed by atoms with Crippen molar-refractivity contribution in [2.75, 3.05) is 26.2 Å². The Balaban J connectivity index is 1.28. The largest absolute Gasteiger partial charge is 0.342 e. The standard InChI is InChI=1S/C20H24N6O2/c27-18(16-4-5-17(21-10-16)26-13-22-23-14-26)25-9-7-20(12-25)6-1-8-24(19(20)28)11-15-2-3-15/h4-5,10,13-15H,1-3,6-9,11-12H2/t20-/m1/s1. The lowest BCUT2D eigenvalue weighted by Gasteiger charge is -2.39. The van der Waals surface area contributed by atoms with E-state index < -0.39 is 0 Å². The number of amides is 2. The van der Waals surface area contributed by atoms with Gasteiger partial charge in [-0.25, -0.2) is 4.98 Å². The van der Waals surface area contributed by atoms with Crippen LogP contribution in [0.1, 0.15) is 42.5 Å². The normalized spacial score (nSPS) is 24.9. The lowest BCUT2D eigenvalue weighted by atomic mass is 9.78. The summed E-state index contributed by atoms with van der Waals surface area (Å²) in [7, 11) is 0. The summed E-state index contributed by atoms with van der Waals surface area (Å²) < 4.78 is 1.69. The number of hydrogen-bond donors (Lipinski definition) is 0. The number of rotatable bonds is 4. The number of carbonyl (C=O) groups is 2. The van der Waals surface area contributed by atoms with Crippen molar-refractivity contribution < 1.29 is 9.59 Å². The SMILES string of the molecule is O=C(c1ccc(-n2cnnc2)nc1)N1CC[C@]2(CCCN(CC3CC3)C2=O)C1. The van der Waals surface area contributed by atoms with Gasteiger partial charge in [-0.1, -0.05) is 0 Å². The zero-order valence-electron chi connectivity index (χ0n) is 15.8. The zero-order valence-corrected chi connectivity index (χ0v) is 15.8. The third kappa shape index (κ3) is 3.06. The van der Waals surface area contributed by atoms with Crippen LogP contribution in [0.5, 0.6) is 0 Å². The van der Waals surface area contributed by atoms with Crippen molar-refractivity contribution in [3.05, 3.63) is 36.5 Å². The van der Waals surface area contributed by atoms with Crippen molar-refractivity contribution in [1.29, 1.82) is 0 Å². The van der Waals surface area contributed by atoms with Crippen LogP contribution in [-0.4, -0.2) is 67.5 Å². The van der Waals surface area contributed by atoms with E-state index in [1.165, 1.54) is 12.8 Å². The average molecular weight is 380 g/mol. The highest BCUT2D eigenvalue weighted by Crippen LogP contribution is 2.42. The molecule has 2 saturated heterocycles. The minimum Gasteiger partial charge on any atom is -0.342 e. The van der Waals surface area contributed by atoms with Gasteiger partial charge in [-0.15, -0.1) is 10.2 Å². The Kier molecular flexibility index (Phi) is 4.14. The Labute approximate surface area is 163 Å². The summed E-state index contributed by atoms with van der Waals surface area (Å²) >= 11 is 0. The quantitative estimate of drug-likeness (QED) is 0.803. The van der Waals surface area contributed by atoms with Gasteiger partial charge in [0, 0.05) is 32.4 Å². The number of piperidine rings is 1. The lowest BCUT2D eigenvalue weighted by molar-refractivity contribution is -0.145. The molecule has 3 fully saturated rings. The number of nitrogens with zero attached hydrogens (tertiary/aromatic N) is 6. The molecule has 2 amide bonds. The maximum atomic E-state index is 13.2. The van der Waals surface area contributed by atoms with Crippen molar-refractivity contribution in [1.82, 2.24) is 29.5 Å². The number of hydrogen-bond acceptors (Lipinski definition) is 5. The molecule has 1 aliphatic carbocycles. The Bertz CT molecular complexity index is 877. The van der Waals surface area contributed by atoms with Gasteiger partial charge >= 0.3 is 0 Å². The van der Waals surface area contributed by atoms with Gasteiger partial charge in [-0.05, 0) is 50.2 Å². The topological polar surface area (TPSA) is 84.2 Å². The minimum absolute atomic E-state index is 0.0493. The van der Waals surface area contributed by atoms with Crippen molar-refractivity contribution in [3.8, 4) is 5.82 Å². The summed E-state index contributed by atoms with van der Waals surface area (Å²) in [6.45, 7) is 2.94. The van der Waals surface area contributed by atoms with Crippen LogP contribution >= 0.6 is 0 Å². The van der Waals surface area contributed by atoms with E-state index in [0.717, 1.165) is 32.4 Å². The average Bonchev–Trinajstić information content (AvgIpc) is 3.20.